The zero-order valence-electron chi connectivity index (χ0n) is 9.76. The van der Waals surface area contributed by atoms with Crippen LogP contribution in [0.25, 0.3) is 0 Å². The van der Waals surface area contributed by atoms with E-state index in [1.807, 2.05) is 0 Å². The molecule has 1 aliphatic heterocycles. The van der Waals surface area contributed by atoms with Gasteiger partial charge in [0.15, 0.2) is 0 Å². The maximum atomic E-state index is 11.8. The van der Waals surface area contributed by atoms with Crippen molar-refractivity contribution >= 4 is 17.7 Å². The summed E-state index contributed by atoms with van der Waals surface area (Å²) < 4.78 is 4.95. The second-order valence-corrected chi connectivity index (χ2v) is 3.88. The summed E-state index contributed by atoms with van der Waals surface area (Å²) in [6.07, 6.45) is 1.54. The number of carboxylic acid groups (broad SMARTS) is 1. The maximum absolute atomic E-state index is 11.8. The zero-order valence-corrected chi connectivity index (χ0v) is 9.76. The summed E-state index contributed by atoms with van der Waals surface area (Å²) in [7, 11) is 0. The number of hydrogen-bond donors (Lipinski definition) is 1. The van der Waals surface area contributed by atoms with Crippen LogP contribution in [-0.4, -0.2) is 30.3 Å². The van der Waals surface area contributed by atoms with Gasteiger partial charge in [-0.25, -0.2) is 9.59 Å². The van der Waals surface area contributed by atoms with Crippen molar-refractivity contribution in [1.29, 1.82) is 0 Å². The number of fused-ring (bicyclic) bond motifs is 1. The molecule has 1 amide bonds. The van der Waals surface area contributed by atoms with Crippen LogP contribution in [-0.2, 0) is 11.2 Å². The summed E-state index contributed by atoms with van der Waals surface area (Å²) in [4.78, 5) is 24.3. The van der Waals surface area contributed by atoms with E-state index in [1.165, 1.54) is 11.0 Å². The molecule has 0 spiro atoms. The maximum Gasteiger partial charge on any atom is 0.414 e. The van der Waals surface area contributed by atoms with E-state index in [0.29, 0.717) is 24.2 Å². The molecule has 0 aromatic heterocycles. The Morgan fingerprint density at radius 1 is 1.50 bits per heavy atom. The Kier molecular flexibility index (Phi) is 3.32. The molecule has 1 aliphatic rings. The van der Waals surface area contributed by atoms with Crippen LogP contribution in [0.15, 0.2) is 30.9 Å². The summed E-state index contributed by atoms with van der Waals surface area (Å²) in [6, 6.07) is 4.89. The predicted molar refractivity (Wildman–Crippen MR) is 66.0 cm³/mol. The number of anilines is 1. The lowest BCUT2D eigenvalue weighted by Crippen LogP contribution is -2.29. The molecule has 0 atom stereocenters. The minimum Gasteiger partial charge on any atom is -0.478 e. The number of aromatic carboxylic acids is 1. The minimum atomic E-state index is -0.979. The Labute approximate surface area is 104 Å². The first-order chi connectivity index (χ1) is 8.65. The van der Waals surface area contributed by atoms with E-state index < -0.39 is 12.1 Å². The first-order valence-electron chi connectivity index (χ1n) is 5.55. The summed E-state index contributed by atoms with van der Waals surface area (Å²) in [5.74, 6) is -0.979. The molecule has 1 aromatic carbocycles. The molecule has 0 fully saturated rings. The number of nitrogens with zero attached hydrogens (tertiary/aromatic N) is 1. The highest BCUT2D eigenvalue weighted by Gasteiger charge is 2.28. The SMILES string of the molecule is C=CCOC(=O)N1CCc2c(C(=O)O)cccc21. The Morgan fingerprint density at radius 3 is 2.94 bits per heavy atom. The molecule has 1 heterocycles. The molecule has 1 aromatic rings. The van der Waals surface area contributed by atoms with E-state index >= 15 is 0 Å². The fourth-order valence-electron chi connectivity index (χ4n) is 2.03. The van der Waals surface area contributed by atoms with Crippen LogP contribution in [0.5, 0.6) is 0 Å². The third kappa shape index (κ3) is 2.07. The van der Waals surface area contributed by atoms with Crippen LogP contribution in [0.4, 0.5) is 10.5 Å². The molecule has 0 saturated carbocycles. The number of hydrogen-bond acceptors (Lipinski definition) is 3. The van der Waals surface area contributed by atoms with Crippen molar-refractivity contribution in [3.05, 3.63) is 42.0 Å². The number of rotatable bonds is 3. The lowest BCUT2D eigenvalue weighted by atomic mass is 10.1. The number of ether oxygens (including phenoxy) is 1. The van der Waals surface area contributed by atoms with Gasteiger partial charge in [-0.05, 0) is 24.1 Å². The van der Waals surface area contributed by atoms with Gasteiger partial charge in [0.1, 0.15) is 6.61 Å². The molecule has 0 saturated heterocycles. The van der Waals surface area contributed by atoms with E-state index in [0.717, 1.165) is 0 Å². The van der Waals surface area contributed by atoms with Crippen LogP contribution >= 0.6 is 0 Å². The average molecular weight is 247 g/mol. The smallest absolute Gasteiger partial charge is 0.414 e. The molecule has 0 bridgehead atoms. The summed E-state index contributed by atoms with van der Waals surface area (Å²) >= 11 is 0. The van der Waals surface area contributed by atoms with Crippen molar-refractivity contribution in [3.63, 3.8) is 0 Å². The molecule has 5 heteroatoms. The quantitative estimate of drug-likeness (QED) is 0.830. The Bertz CT molecular complexity index is 510. The molecule has 2 rings (SSSR count). The van der Waals surface area contributed by atoms with Crippen LogP contribution in [0.2, 0.25) is 0 Å². The van der Waals surface area contributed by atoms with E-state index in [2.05, 4.69) is 6.58 Å². The van der Waals surface area contributed by atoms with Crippen LogP contribution < -0.4 is 4.90 Å². The highest BCUT2D eigenvalue weighted by Crippen LogP contribution is 2.31. The first-order valence-corrected chi connectivity index (χ1v) is 5.55. The van der Waals surface area contributed by atoms with Gasteiger partial charge in [-0.3, -0.25) is 4.90 Å². The van der Waals surface area contributed by atoms with Gasteiger partial charge in [0.25, 0.3) is 0 Å². The van der Waals surface area contributed by atoms with Crippen molar-refractivity contribution in [2.45, 2.75) is 6.42 Å². The number of carboxylic acids is 1. The predicted octanol–water partition coefficient (Wildman–Crippen LogP) is 2.07. The van der Waals surface area contributed by atoms with Gasteiger partial charge in [-0.1, -0.05) is 18.7 Å². The van der Waals surface area contributed by atoms with Gasteiger partial charge >= 0.3 is 12.1 Å². The van der Waals surface area contributed by atoms with E-state index in [1.54, 1.807) is 18.2 Å². The van der Waals surface area contributed by atoms with Crippen molar-refractivity contribution in [3.8, 4) is 0 Å². The third-order valence-electron chi connectivity index (χ3n) is 2.80. The van der Waals surface area contributed by atoms with Crippen molar-refractivity contribution in [1.82, 2.24) is 0 Å². The molecular formula is C13H13NO4. The second-order valence-electron chi connectivity index (χ2n) is 3.88. The Hall–Kier alpha value is -2.30. The van der Waals surface area contributed by atoms with Gasteiger partial charge < -0.3 is 9.84 Å². The van der Waals surface area contributed by atoms with E-state index in [4.69, 9.17) is 9.84 Å². The van der Waals surface area contributed by atoms with Crippen LogP contribution in [0, 0.1) is 0 Å². The normalized spacial score (nSPS) is 13.0. The van der Waals surface area contributed by atoms with Crippen molar-refractivity contribution < 1.29 is 19.4 Å². The minimum absolute atomic E-state index is 0.142. The lowest BCUT2D eigenvalue weighted by molar-refractivity contribution is 0.0696. The number of amides is 1. The molecule has 0 aliphatic carbocycles. The van der Waals surface area contributed by atoms with Crippen molar-refractivity contribution in [2.75, 3.05) is 18.1 Å². The zero-order chi connectivity index (χ0) is 13.1. The summed E-state index contributed by atoms with van der Waals surface area (Å²) in [6.45, 7) is 4.05. The molecule has 94 valence electrons. The largest absolute Gasteiger partial charge is 0.478 e. The van der Waals surface area contributed by atoms with Crippen LogP contribution in [0.3, 0.4) is 0 Å². The number of carbonyl (C=O) groups excluding carboxylic acids is 1. The molecule has 18 heavy (non-hydrogen) atoms. The fraction of sp³-hybridized carbons (Fsp3) is 0.231. The first kappa shape index (κ1) is 12.2. The fourth-order valence-corrected chi connectivity index (χ4v) is 2.03. The van der Waals surface area contributed by atoms with Gasteiger partial charge in [0.05, 0.1) is 11.3 Å². The molecule has 5 nitrogen and oxygen atoms in total. The molecule has 1 N–H and O–H groups in total. The monoisotopic (exact) mass is 247 g/mol. The highest BCUT2D eigenvalue weighted by molar-refractivity contribution is 5.96. The van der Waals surface area contributed by atoms with Crippen LogP contribution in [0.1, 0.15) is 15.9 Å². The van der Waals surface area contributed by atoms with Gasteiger partial charge in [0, 0.05) is 6.54 Å². The summed E-state index contributed by atoms with van der Waals surface area (Å²) in [5.41, 5.74) is 1.54. The molecule has 0 radical (unpaired) electrons. The molecule has 0 unspecified atom stereocenters. The van der Waals surface area contributed by atoms with E-state index in [9.17, 15) is 9.59 Å². The highest BCUT2D eigenvalue weighted by atomic mass is 16.6. The van der Waals surface area contributed by atoms with Gasteiger partial charge in [0.2, 0.25) is 0 Å². The van der Waals surface area contributed by atoms with E-state index in [-0.39, 0.29) is 12.2 Å². The number of carbonyl (C=O) groups is 2. The number of benzene rings is 1. The lowest BCUT2D eigenvalue weighted by Gasteiger charge is -2.16. The Morgan fingerprint density at radius 2 is 2.28 bits per heavy atom. The summed E-state index contributed by atoms with van der Waals surface area (Å²) in [5, 5.41) is 9.07. The second kappa shape index (κ2) is 4.91. The Balaban J connectivity index is 2.28. The van der Waals surface area contributed by atoms with Gasteiger partial charge in [-0.15, -0.1) is 0 Å². The van der Waals surface area contributed by atoms with Crippen molar-refractivity contribution in [2.24, 2.45) is 0 Å². The topological polar surface area (TPSA) is 66.8 Å². The standard InChI is InChI=1S/C13H13NO4/c1-2-8-18-13(17)14-7-6-9-10(12(15)16)4-3-5-11(9)14/h2-5H,1,6-8H2,(H,15,16). The molecular weight excluding hydrogens is 234 g/mol. The third-order valence-corrected chi connectivity index (χ3v) is 2.80. The van der Waals surface area contributed by atoms with Gasteiger partial charge in [-0.2, -0.15) is 0 Å². The average Bonchev–Trinajstić information content (AvgIpc) is 2.79.